The van der Waals surface area contributed by atoms with E-state index < -0.39 is 0 Å². The Morgan fingerprint density at radius 1 is 0.250 bits per heavy atom. The zero-order valence-corrected chi connectivity index (χ0v) is 13.2. The molecule has 49 valence electrons. The summed E-state index contributed by atoms with van der Waals surface area (Å²) in [6, 6.07) is 0. The van der Waals surface area contributed by atoms with Crippen LogP contribution in [0.4, 0.5) is 0 Å². The summed E-state index contributed by atoms with van der Waals surface area (Å²) in [7, 11) is 0. The normalized spacial score (nSPS) is 0. The molecule has 0 saturated carbocycles. The maximum absolute atomic E-state index is 0. The van der Waals surface area contributed by atoms with Crippen LogP contribution in [0.5, 0.6) is 0 Å². The van der Waals surface area contributed by atoms with E-state index >= 15 is 0 Å². The van der Waals surface area contributed by atoms with Crippen molar-refractivity contribution in [3.05, 3.63) is 0 Å². The van der Waals surface area contributed by atoms with Crippen LogP contribution in [-0.2, 0) is 112 Å². The smallest absolute Gasteiger partial charge is 0 e. The van der Waals surface area contributed by atoms with Crippen LogP contribution >= 0.6 is 0 Å². The molecule has 5 radical (unpaired) electrons. The van der Waals surface area contributed by atoms with Gasteiger partial charge in [0.2, 0.25) is 0 Å². The van der Waals surface area contributed by atoms with Crippen molar-refractivity contribution in [2.24, 2.45) is 0 Å². The van der Waals surface area contributed by atoms with Gasteiger partial charge in [-0.25, -0.2) is 0 Å². The van der Waals surface area contributed by atoms with Gasteiger partial charge in [0.25, 0.3) is 0 Å². The fourth-order valence-corrected chi connectivity index (χ4v) is 0. The standard InChI is InChI=1S/3GeH4.5Nb/h3*1H4;;;;;. The van der Waals surface area contributed by atoms with Crippen molar-refractivity contribution in [1.29, 1.82) is 0 Å². The molecule has 0 N–H and O–H groups in total. The van der Waals surface area contributed by atoms with E-state index in [0.29, 0.717) is 0 Å². The van der Waals surface area contributed by atoms with Crippen molar-refractivity contribution in [2.75, 3.05) is 0 Å². The first-order valence-electron chi connectivity index (χ1n) is 0. The van der Waals surface area contributed by atoms with E-state index in [2.05, 4.69) is 0 Å². The molecule has 0 saturated heterocycles. The van der Waals surface area contributed by atoms with Gasteiger partial charge in [-0.2, -0.15) is 0 Å². The summed E-state index contributed by atoms with van der Waals surface area (Å²) in [4.78, 5) is 0. The van der Waals surface area contributed by atoms with Crippen LogP contribution in [0.15, 0.2) is 0 Å². The van der Waals surface area contributed by atoms with E-state index in [4.69, 9.17) is 0 Å². The molecule has 0 atom stereocenters. The Bertz CT molecular complexity index is 7.64. The van der Waals surface area contributed by atoms with E-state index in [-0.39, 0.29) is 165 Å². The Morgan fingerprint density at radius 3 is 0.250 bits per heavy atom. The first kappa shape index (κ1) is 71.3. The van der Waals surface area contributed by atoms with Crippen molar-refractivity contribution < 1.29 is 112 Å². The van der Waals surface area contributed by atoms with E-state index in [0.717, 1.165) is 0 Å². The van der Waals surface area contributed by atoms with Crippen molar-refractivity contribution in [1.82, 2.24) is 0 Å². The van der Waals surface area contributed by atoms with Gasteiger partial charge >= 0.3 is 52.8 Å². The largest absolute Gasteiger partial charge is 0 e. The summed E-state index contributed by atoms with van der Waals surface area (Å²) in [6.45, 7) is 0. The summed E-state index contributed by atoms with van der Waals surface area (Å²) in [5, 5.41) is 0. The van der Waals surface area contributed by atoms with Crippen molar-refractivity contribution in [3.8, 4) is 0 Å². The first-order chi connectivity index (χ1) is 0. The molecule has 8 heavy (non-hydrogen) atoms. The fraction of sp³-hybridized carbons (Fsp3) is 0. The molecule has 0 heterocycles. The topological polar surface area (TPSA) is 0 Å². The van der Waals surface area contributed by atoms with Gasteiger partial charge in [0, 0.05) is 112 Å². The van der Waals surface area contributed by atoms with Gasteiger partial charge in [0.1, 0.15) is 0 Å². The molecule has 0 bridgehead atoms. The monoisotopic (exact) mass is 698 g/mol. The molecule has 0 aliphatic heterocycles. The molecule has 8 heteroatoms. The number of rotatable bonds is 0. The van der Waals surface area contributed by atoms with Crippen LogP contribution in [0.25, 0.3) is 0 Å². The average molecular weight is 694 g/mol. The summed E-state index contributed by atoms with van der Waals surface area (Å²) in [5.41, 5.74) is 0. The zero-order chi connectivity index (χ0) is 0. The second-order valence-electron chi connectivity index (χ2n) is 0. The predicted octanol–water partition coefficient (Wildman–Crippen LogP) is -4.37. The van der Waals surface area contributed by atoms with E-state index in [1.165, 1.54) is 0 Å². The molecule has 0 nitrogen and oxygen atoms in total. The molecular weight excluding hydrogens is 682 g/mol. The summed E-state index contributed by atoms with van der Waals surface area (Å²) < 4.78 is 0. The Labute approximate surface area is 161 Å². The molecule has 0 aromatic rings. The molecule has 0 aromatic heterocycles. The van der Waals surface area contributed by atoms with Crippen LogP contribution in [0.3, 0.4) is 0 Å². The molecule has 0 amide bonds. The van der Waals surface area contributed by atoms with Crippen molar-refractivity contribution in [3.63, 3.8) is 0 Å². The van der Waals surface area contributed by atoms with Crippen LogP contribution in [-0.4, -0.2) is 52.8 Å². The Hall–Kier alpha value is 5.33. The quantitative estimate of drug-likeness (QED) is 0.225. The second kappa shape index (κ2) is 55.7. The van der Waals surface area contributed by atoms with Crippen LogP contribution < -0.4 is 0 Å². The molecule has 0 unspecified atom stereocenters. The Morgan fingerprint density at radius 2 is 0.250 bits per heavy atom. The minimum absolute atomic E-state index is 0. The third-order valence-corrected chi connectivity index (χ3v) is 0. The fourth-order valence-electron chi connectivity index (χ4n) is 0. The first-order valence-corrected chi connectivity index (χ1v) is 0. The molecule has 0 aliphatic carbocycles. The minimum Gasteiger partial charge on any atom is 0 e. The SMILES string of the molecule is [GeH4].[GeH4].[GeH4].[Nb].[Nb].[Nb].[Nb].[Nb]. The molecular formula is H12Ge3Nb5. The molecule has 0 spiro atoms. The van der Waals surface area contributed by atoms with Crippen LogP contribution in [0.2, 0.25) is 0 Å². The van der Waals surface area contributed by atoms with Crippen LogP contribution in [0, 0.1) is 0 Å². The molecule has 0 aromatic carbocycles. The molecule has 0 fully saturated rings. The maximum atomic E-state index is 0. The Balaban J connectivity index is 0. The summed E-state index contributed by atoms with van der Waals surface area (Å²) in [6.07, 6.45) is 0. The van der Waals surface area contributed by atoms with E-state index in [1.54, 1.807) is 0 Å². The molecule has 0 aliphatic rings. The van der Waals surface area contributed by atoms with Gasteiger partial charge in [-0.15, -0.1) is 0 Å². The third-order valence-electron chi connectivity index (χ3n) is 0. The van der Waals surface area contributed by atoms with Gasteiger partial charge in [-0.3, -0.25) is 0 Å². The minimum atomic E-state index is 0. The molecule has 0 rings (SSSR count). The summed E-state index contributed by atoms with van der Waals surface area (Å²) >= 11 is 0. The van der Waals surface area contributed by atoms with Gasteiger partial charge in [0.15, 0.2) is 0 Å². The summed E-state index contributed by atoms with van der Waals surface area (Å²) in [5.74, 6) is 0. The second-order valence-corrected chi connectivity index (χ2v) is 0. The van der Waals surface area contributed by atoms with Gasteiger partial charge < -0.3 is 0 Å². The third kappa shape index (κ3) is 42.6. The van der Waals surface area contributed by atoms with Gasteiger partial charge in [0.05, 0.1) is 0 Å². The number of hydrogen-bond donors (Lipinski definition) is 0. The maximum Gasteiger partial charge on any atom is 0 e. The van der Waals surface area contributed by atoms with Crippen molar-refractivity contribution >= 4 is 52.8 Å². The van der Waals surface area contributed by atoms with Gasteiger partial charge in [-0.05, 0) is 0 Å². The van der Waals surface area contributed by atoms with Crippen LogP contribution in [0.1, 0.15) is 0 Å². The van der Waals surface area contributed by atoms with Crippen molar-refractivity contribution in [2.45, 2.75) is 0 Å². The van der Waals surface area contributed by atoms with E-state index in [9.17, 15) is 0 Å². The predicted molar refractivity (Wildman–Crippen MR) is 34.0 cm³/mol. The number of hydrogen-bond acceptors (Lipinski definition) is 0. The average Bonchev–Trinajstić information content (AvgIpc) is 0. The van der Waals surface area contributed by atoms with Gasteiger partial charge in [-0.1, -0.05) is 0 Å². The zero-order valence-electron chi connectivity index (χ0n) is 2.24. The van der Waals surface area contributed by atoms with E-state index in [1.807, 2.05) is 0 Å². The Kier molecular flexibility index (Phi) is 497.